The van der Waals surface area contributed by atoms with Gasteiger partial charge in [0.05, 0.1) is 23.0 Å². The van der Waals surface area contributed by atoms with E-state index >= 15 is 0 Å². The zero-order valence-corrected chi connectivity index (χ0v) is 19.9. The number of carbonyl (C=O) groups is 2. The van der Waals surface area contributed by atoms with Gasteiger partial charge in [0, 0.05) is 21.6 Å². The molecule has 0 saturated carbocycles. The first-order valence-corrected chi connectivity index (χ1v) is 12.7. The Hall–Kier alpha value is -3.68. The molecular formula is C27H20N2O3S2. The van der Waals surface area contributed by atoms with E-state index in [2.05, 4.69) is 0 Å². The largest absolute Gasteiger partial charge is 0.467 e. The van der Waals surface area contributed by atoms with E-state index in [1.165, 1.54) is 11.3 Å². The third-order valence-corrected chi connectivity index (χ3v) is 7.20. The van der Waals surface area contributed by atoms with Crippen molar-refractivity contribution in [3.05, 3.63) is 114 Å². The van der Waals surface area contributed by atoms with Crippen molar-refractivity contribution in [3.63, 3.8) is 0 Å². The lowest BCUT2D eigenvalue weighted by atomic mass is 10.0. The van der Waals surface area contributed by atoms with E-state index in [-0.39, 0.29) is 18.2 Å². The summed E-state index contributed by atoms with van der Waals surface area (Å²) in [6.45, 7) is 0.255. The third kappa shape index (κ3) is 4.40. The highest BCUT2D eigenvalue weighted by molar-refractivity contribution is 7.98. The third-order valence-electron chi connectivity index (χ3n) is 5.39. The summed E-state index contributed by atoms with van der Waals surface area (Å²) in [5.74, 6) is 0.372. The Morgan fingerprint density at radius 1 is 0.882 bits per heavy atom. The zero-order chi connectivity index (χ0) is 23.5. The smallest absolute Gasteiger partial charge is 0.260 e. The monoisotopic (exact) mass is 484 g/mol. The number of fused-ring (bicyclic) bond motifs is 1. The number of para-hydroxylation sites is 1. The van der Waals surface area contributed by atoms with E-state index in [0.29, 0.717) is 27.6 Å². The van der Waals surface area contributed by atoms with E-state index < -0.39 is 0 Å². The van der Waals surface area contributed by atoms with Crippen LogP contribution in [0.1, 0.15) is 32.0 Å². The first-order chi connectivity index (χ1) is 16.6. The zero-order valence-electron chi connectivity index (χ0n) is 18.3. The molecule has 3 aromatic carbocycles. The molecule has 0 saturated heterocycles. The average molecular weight is 485 g/mol. The SMILES string of the molecule is CSc1cccc2sc(N(Cc3ccco3)C(=O)c3ccc(C(=O)c4ccccc4)cc3)nc12. The molecule has 0 aliphatic heterocycles. The van der Waals surface area contributed by atoms with Crippen molar-refractivity contribution in [2.75, 3.05) is 11.2 Å². The number of hydrogen-bond donors (Lipinski definition) is 0. The number of hydrogen-bond acceptors (Lipinski definition) is 6. The van der Waals surface area contributed by atoms with Gasteiger partial charge < -0.3 is 4.42 Å². The second kappa shape index (κ2) is 9.67. The maximum Gasteiger partial charge on any atom is 0.260 e. The minimum absolute atomic E-state index is 0.0807. The fourth-order valence-electron chi connectivity index (χ4n) is 3.65. The molecule has 5 nitrogen and oxygen atoms in total. The summed E-state index contributed by atoms with van der Waals surface area (Å²) in [5, 5.41) is 0.599. The molecular weight excluding hydrogens is 464 g/mol. The summed E-state index contributed by atoms with van der Waals surface area (Å²) >= 11 is 3.10. The molecule has 7 heteroatoms. The lowest BCUT2D eigenvalue weighted by molar-refractivity contribution is 0.0981. The lowest BCUT2D eigenvalue weighted by Crippen LogP contribution is -2.30. The van der Waals surface area contributed by atoms with Crippen LogP contribution in [-0.4, -0.2) is 22.9 Å². The van der Waals surface area contributed by atoms with Gasteiger partial charge in [0.25, 0.3) is 5.91 Å². The standard InChI is InChI=1S/C27H20N2O3S2/c1-33-22-10-5-11-23-24(22)28-27(34-23)29(17-21-9-6-16-32-21)26(31)20-14-12-19(13-15-20)25(30)18-7-3-2-4-8-18/h2-16H,17H2,1H3. The van der Waals surface area contributed by atoms with Crippen LogP contribution in [0.5, 0.6) is 0 Å². The molecule has 0 spiro atoms. The predicted octanol–water partition coefficient (Wildman–Crippen LogP) is 6.69. The van der Waals surface area contributed by atoms with Crippen LogP contribution in [0.2, 0.25) is 0 Å². The second-order valence-corrected chi connectivity index (χ2v) is 9.40. The van der Waals surface area contributed by atoms with Crippen LogP contribution in [-0.2, 0) is 6.54 Å². The summed E-state index contributed by atoms with van der Waals surface area (Å²) in [6, 6.07) is 25.5. The average Bonchev–Trinajstić information content (AvgIpc) is 3.56. The predicted molar refractivity (Wildman–Crippen MR) is 137 cm³/mol. The minimum atomic E-state index is -0.208. The summed E-state index contributed by atoms with van der Waals surface area (Å²) in [6.07, 6.45) is 3.60. The van der Waals surface area contributed by atoms with Crippen LogP contribution < -0.4 is 4.90 Å². The Morgan fingerprint density at radius 2 is 1.62 bits per heavy atom. The van der Waals surface area contributed by atoms with Crippen LogP contribution >= 0.6 is 23.1 Å². The number of furan rings is 1. The first-order valence-electron chi connectivity index (χ1n) is 10.6. The highest BCUT2D eigenvalue weighted by atomic mass is 32.2. The fourth-order valence-corrected chi connectivity index (χ4v) is 5.27. The molecule has 0 unspecified atom stereocenters. The van der Waals surface area contributed by atoms with Gasteiger partial charge >= 0.3 is 0 Å². The van der Waals surface area contributed by atoms with Crippen LogP contribution in [0.3, 0.4) is 0 Å². The van der Waals surface area contributed by atoms with Gasteiger partial charge in [-0.1, -0.05) is 59.9 Å². The van der Waals surface area contributed by atoms with Gasteiger partial charge in [-0.3, -0.25) is 14.5 Å². The van der Waals surface area contributed by atoms with Crippen molar-refractivity contribution in [3.8, 4) is 0 Å². The number of benzene rings is 3. The number of aromatic nitrogens is 1. The number of thiazole rings is 1. The topological polar surface area (TPSA) is 63.4 Å². The molecule has 0 aliphatic carbocycles. The number of carbonyl (C=O) groups excluding carboxylic acids is 2. The molecule has 2 heterocycles. The number of ketones is 1. The Balaban J connectivity index is 1.48. The van der Waals surface area contributed by atoms with E-state index in [0.717, 1.165) is 15.1 Å². The van der Waals surface area contributed by atoms with Crippen LogP contribution in [0.4, 0.5) is 5.13 Å². The van der Waals surface area contributed by atoms with Crippen molar-refractivity contribution in [1.29, 1.82) is 0 Å². The van der Waals surface area contributed by atoms with Crippen LogP contribution in [0, 0.1) is 0 Å². The van der Waals surface area contributed by atoms with E-state index in [1.807, 2.05) is 48.7 Å². The van der Waals surface area contributed by atoms with Gasteiger partial charge in [0.2, 0.25) is 0 Å². The summed E-state index contributed by atoms with van der Waals surface area (Å²) in [4.78, 5) is 33.8. The quantitative estimate of drug-likeness (QED) is 0.190. The van der Waals surface area contributed by atoms with E-state index in [1.54, 1.807) is 65.4 Å². The highest BCUT2D eigenvalue weighted by Crippen LogP contribution is 2.35. The second-order valence-electron chi connectivity index (χ2n) is 7.55. The Labute approximate surface area is 205 Å². The summed E-state index contributed by atoms with van der Waals surface area (Å²) in [5.41, 5.74) is 2.50. The van der Waals surface area contributed by atoms with Crippen LogP contribution in [0.25, 0.3) is 10.2 Å². The van der Waals surface area contributed by atoms with Gasteiger partial charge in [0.1, 0.15) is 5.76 Å². The number of anilines is 1. The molecule has 0 bridgehead atoms. The Morgan fingerprint density at radius 3 is 2.32 bits per heavy atom. The molecule has 5 rings (SSSR count). The van der Waals surface area contributed by atoms with E-state index in [4.69, 9.17) is 9.40 Å². The number of amides is 1. The number of nitrogens with zero attached hydrogens (tertiary/aromatic N) is 2. The molecule has 34 heavy (non-hydrogen) atoms. The van der Waals surface area contributed by atoms with Gasteiger partial charge in [-0.05, 0) is 42.7 Å². The molecule has 0 aliphatic rings. The molecule has 0 atom stereocenters. The molecule has 2 aromatic heterocycles. The molecule has 0 radical (unpaired) electrons. The van der Waals surface area contributed by atoms with Crippen molar-refractivity contribution < 1.29 is 14.0 Å². The van der Waals surface area contributed by atoms with Gasteiger partial charge in [-0.25, -0.2) is 4.98 Å². The fraction of sp³-hybridized carbons (Fsp3) is 0.0741. The van der Waals surface area contributed by atoms with Crippen molar-refractivity contribution in [2.24, 2.45) is 0 Å². The van der Waals surface area contributed by atoms with Gasteiger partial charge in [0.15, 0.2) is 10.9 Å². The highest BCUT2D eigenvalue weighted by Gasteiger charge is 2.24. The van der Waals surface area contributed by atoms with Crippen LogP contribution in [0.15, 0.2) is 101 Å². The summed E-state index contributed by atoms with van der Waals surface area (Å²) < 4.78 is 6.54. The molecule has 1 amide bonds. The number of rotatable bonds is 7. The molecule has 168 valence electrons. The van der Waals surface area contributed by atoms with Gasteiger partial charge in [-0.15, -0.1) is 11.8 Å². The van der Waals surface area contributed by atoms with Crippen molar-refractivity contribution >= 4 is 50.1 Å². The first kappa shape index (κ1) is 22.1. The lowest BCUT2D eigenvalue weighted by Gasteiger charge is -2.19. The molecule has 5 aromatic rings. The molecule has 0 N–H and O–H groups in total. The number of thioether (sulfide) groups is 1. The summed E-state index contributed by atoms with van der Waals surface area (Å²) in [7, 11) is 0. The van der Waals surface area contributed by atoms with E-state index in [9.17, 15) is 9.59 Å². The maximum absolute atomic E-state index is 13.6. The normalized spacial score (nSPS) is 11.0. The molecule has 0 fully saturated rings. The Kier molecular flexibility index (Phi) is 6.29. The van der Waals surface area contributed by atoms with Crippen molar-refractivity contribution in [1.82, 2.24) is 4.98 Å². The minimum Gasteiger partial charge on any atom is -0.467 e. The maximum atomic E-state index is 13.6. The Bertz CT molecular complexity index is 1440. The van der Waals surface area contributed by atoms with Gasteiger partial charge in [-0.2, -0.15) is 0 Å². The van der Waals surface area contributed by atoms with Crippen molar-refractivity contribution in [2.45, 2.75) is 11.4 Å².